The molecular weight excluding hydrogens is 444 g/mol. The molecule has 0 radical (unpaired) electrons. The minimum absolute atomic E-state index is 0.165. The molecule has 9 heteroatoms. The number of unbranched alkanes of at least 4 members (excludes halogenated alkanes) is 2. The summed E-state index contributed by atoms with van der Waals surface area (Å²) in [6, 6.07) is 7.35. The van der Waals surface area contributed by atoms with Gasteiger partial charge in [0.25, 0.3) is 11.5 Å². The third-order valence-corrected chi connectivity index (χ3v) is 6.61. The number of amides is 1. The van der Waals surface area contributed by atoms with Crippen LogP contribution in [0.4, 0.5) is 5.82 Å². The lowest BCUT2D eigenvalue weighted by Crippen LogP contribution is -2.29. The van der Waals surface area contributed by atoms with Gasteiger partial charge in [0.2, 0.25) is 0 Å². The van der Waals surface area contributed by atoms with Crippen LogP contribution in [0.3, 0.4) is 0 Å². The van der Waals surface area contributed by atoms with Crippen molar-refractivity contribution in [2.45, 2.75) is 39.7 Å². The number of furan rings is 1. The molecule has 1 saturated heterocycles. The van der Waals surface area contributed by atoms with E-state index < -0.39 is 0 Å². The second-order valence-electron chi connectivity index (χ2n) is 7.54. The van der Waals surface area contributed by atoms with E-state index in [0.29, 0.717) is 45.1 Å². The van der Waals surface area contributed by atoms with Crippen LogP contribution in [0.2, 0.25) is 0 Å². The fourth-order valence-corrected chi connectivity index (χ4v) is 4.79. The Balaban J connectivity index is 1.74. The van der Waals surface area contributed by atoms with E-state index in [-0.39, 0.29) is 11.5 Å². The summed E-state index contributed by atoms with van der Waals surface area (Å²) >= 11 is 6.65. The van der Waals surface area contributed by atoms with Crippen LogP contribution in [-0.4, -0.2) is 31.1 Å². The van der Waals surface area contributed by atoms with Gasteiger partial charge in [0, 0.05) is 12.7 Å². The Hall–Kier alpha value is -2.91. The maximum absolute atomic E-state index is 13.4. The highest BCUT2D eigenvalue weighted by molar-refractivity contribution is 8.26. The standard InChI is InChI=1S/C23H24N4O3S2/c1-3-4-5-10-27-22(29)18(32-23(27)31)13-17-19(24-14-16-9-7-12-30-16)25-20-15(2)8-6-11-26(20)21(17)28/h6-9,11-13,24H,3-5,10,14H2,1-2H3. The molecule has 0 saturated carbocycles. The van der Waals surface area contributed by atoms with Crippen LogP contribution < -0.4 is 10.9 Å². The van der Waals surface area contributed by atoms with Crippen molar-refractivity contribution in [3.05, 3.63) is 68.9 Å². The van der Waals surface area contributed by atoms with E-state index in [2.05, 4.69) is 12.2 Å². The normalized spacial score (nSPS) is 15.3. The fraction of sp³-hybridized carbons (Fsp3) is 0.304. The van der Waals surface area contributed by atoms with Crippen LogP contribution >= 0.6 is 24.0 Å². The molecule has 0 unspecified atom stereocenters. The van der Waals surface area contributed by atoms with Crippen LogP contribution in [0.5, 0.6) is 0 Å². The van der Waals surface area contributed by atoms with Gasteiger partial charge in [0.05, 0.1) is 23.3 Å². The Morgan fingerprint density at radius 3 is 2.84 bits per heavy atom. The Morgan fingerprint density at radius 1 is 1.25 bits per heavy atom. The molecule has 0 bridgehead atoms. The van der Waals surface area contributed by atoms with Gasteiger partial charge >= 0.3 is 0 Å². The lowest BCUT2D eigenvalue weighted by molar-refractivity contribution is -0.122. The van der Waals surface area contributed by atoms with Crippen molar-refractivity contribution in [2.24, 2.45) is 0 Å². The van der Waals surface area contributed by atoms with Crippen LogP contribution in [0.15, 0.2) is 50.8 Å². The van der Waals surface area contributed by atoms with E-state index in [1.54, 1.807) is 35.6 Å². The van der Waals surface area contributed by atoms with E-state index in [4.69, 9.17) is 21.6 Å². The maximum Gasteiger partial charge on any atom is 0.267 e. The van der Waals surface area contributed by atoms with Gasteiger partial charge < -0.3 is 9.73 Å². The molecule has 1 fully saturated rings. The summed E-state index contributed by atoms with van der Waals surface area (Å²) in [5.74, 6) is 0.948. The summed E-state index contributed by atoms with van der Waals surface area (Å²) < 4.78 is 7.41. The number of hydrogen-bond acceptors (Lipinski definition) is 7. The number of thiocarbonyl (C=S) groups is 1. The van der Waals surface area contributed by atoms with Crippen LogP contribution in [0.1, 0.15) is 43.1 Å². The number of rotatable bonds is 8. The van der Waals surface area contributed by atoms with Gasteiger partial charge in [-0.2, -0.15) is 0 Å². The zero-order valence-electron chi connectivity index (χ0n) is 18.0. The molecule has 7 nitrogen and oxygen atoms in total. The number of thioether (sulfide) groups is 1. The predicted molar refractivity (Wildman–Crippen MR) is 132 cm³/mol. The number of aryl methyl sites for hydroxylation is 1. The smallest absolute Gasteiger partial charge is 0.267 e. The average molecular weight is 469 g/mol. The van der Waals surface area contributed by atoms with Crippen molar-refractivity contribution in [1.82, 2.24) is 14.3 Å². The number of nitrogens with zero attached hydrogens (tertiary/aromatic N) is 3. The lowest BCUT2D eigenvalue weighted by Gasteiger charge is -2.13. The van der Waals surface area contributed by atoms with Crippen molar-refractivity contribution in [3.8, 4) is 0 Å². The molecule has 1 aliphatic rings. The number of carbonyl (C=O) groups is 1. The second kappa shape index (κ2) is 9.70. The number of aromatic nitrogens is 2. The second-order valence-corrected chi connectivity index (χ2v) is 9.21. The molecule has 1 amide bonds. The molecule has 0 spiro atoms. The SMILES string of the molecule is CCCCCN1C(=O)C(=Cc2c(NCc3ccco3)nc3c(C)cccn3c2=O)SC1=S. The monoisotopic (exact) mass is 468 g/mol. The summed E-state index contributed by atoms with van der Waals surface area (Å²) in [6.07, 6.45) is 7.87. The van der Waals surface area contributed by atoms with Crippen LogP contribution in [-0.2, 0) is 11.3 Å². The first-order valence-corrected chi connectivity index (χ1v) is 11.8. The van der Waals surface area contributed by atoms with Gasteiger partial charge in [0.15, 0.2) is 0 Å². The topological polar surface area (TPSA) is 79.8 Å². The Morgan fingerprint density at radius 2 is 2.09 bits per heavy atom. The van der Waals surface area contributed by atoms with Crippen molar-refractivity contribution < 1.29 is 9.21 Å². The van der Waals surface area contributed by atoms with Crippen molar-refractivity contribution in [2.75, 3.05) is 11.9 Å². The highest BCUT2D eigenvalue weighted by atomic mass is 32.2. The summed E-state index contributed by atoms with van der Waals surface area (Å²) in [5, 5.41) is 3.20. The number of fused-ring (bicyclic) bond motifs is 1. The van der Waals surface area contributed by atoms with E-state index in [1.807, 2.05) is 19.1 Å². The van der Waals surface area contributed by atoms with E-state index >= 15 is 0 Å². The van der Waals surface area contributed by atoms with E-state index in [9.17, 15) is 9.59 Å². The number of nitrogens with one attached hydrogen (secondary N) is 1. The minimum Gasteiger partial charge on any atom is -0.467 e. The first kappa shape index (κ1) is 22.3. The molecule has 4 rings (SSSR count). The third-order valence-electron chi connectivity index (χ3n) is 5.23. The Labute approximate surface area is 195 Å². The van der Waals surface area contributed by atoms with Crippen LogP contribution in [0.25, 0.3) is 11.7 Å². The molecule has 3 aromatic rings. The molecule has 0 aromatic carbocycles. The molecule has 0 aliphatic carbocycles. The molecule has 1 aliphatic heterocycles. The molecule has 0 atom stereocenters. The quantitative estimate of drug-likeness (QED) is 0.294. The number of hydrogen-bond donors (Lipinski definition) is 1. The highest BCUT2D eigenvalue weighted by Crippen LogP contribution is 2.33. The summed E-state index contributed by atoms with van der Waals surface area (Å²) in [5.41, 5.74) is 1.49. The minimum atomic E-state index is -0.253. The zero-order valence-corrected chi connectivity index (χ0v) is 19.6. The molecule has 3 aromatic heterocycles. The van der Waals surface area contributed by atoms with Gasteiger partial charge in [0.1, 0.15) is 21.5 Å². The predicted octanol–water partition coefficient (Wildman–Crippen LogP) is 4.60. The fourth-order valence-electron chi connectivity index (χ4n) is 3.50. The van der Waals surface area contributed by atoms with Crippen molar-refractivity contribution >= 4 is 51.7 Å². The number of pyridine rings is 1. The van der Waals surface area contributed by atoms with Gasteiger partial charge in [-0.3, -0.25) is 18.9 Å². The van der Waals surface area contributed by atoms with Crippen molar-refractivity contribution in [3.63, 3.8) is 0 Å². The maximum atomic E-state index is 13.4. The molecule has 4 heterocycles. The van der Waals surface area contributed by atoms with E-state index in [1.165, 1.54) is 16.2 Å². The molecule has 32 heavy (non-hydrogen) atoms. The number of carbonyl (C=O) groups excluding carboxylic acids is 1. The van der Waals surface area contributed by atoms with Gasteiger partial charge in [-0.05, 0) is 43.2 Å². The lowest BCUT2D eigenvalue weighted by atomic mass is 10.2. The van der Waals surface area contributed by atoms with Crippen molar-refractivity contribution in [1.29, 1.82) is 0 Å². The van der Waals surface area contributed by atoms with Crippen LogP contribution in [0, 0.1) is 6.92 Å². The Kier molecular flexibility index (Phi) is 6.76. The van der Waals surface area contributed by atoms with Gasteiger partial charge in [-0.15, -0.1) is 0 Å². The first-order valence-electron chi connectivity index (χ1n) is 10.5. The average Bonchev–Trinajstić information content (AvgIpc) is 3.39. The molecule has 1 N–H and O–H groups in total. The summed E-state index contributed by atoms with van der Waals surface area (Å²) in [6.45, 7) is 4.97. The first-order chi connectivity index (χ1) is 15.5. The number of anilines is 1. The molecule has 166 valence electrons. The largest absolute Gasteiger partial charge is 0.467 e. The highest BCUT2D eigenvalue weighted by Gasteiger charge is 2.32. The zero-order chi connectivity index (χ0) is 22.7. The van der Waals surface area contributed by atoms with Gasteiger partial charge in [-0.25, -0.2) is 4.98 Å². The van der Waals surface area contributed by atoms with E-state index in [0.717, 1.165) is 24.8 Å². The Bertz CT molecular complexity index is 1250. The molecular formula is C23H24N4O3S2. The summed E-state index contributed by atoms with van der Waals surface area (Å²) in [4.78, 5) is 33.1. The third kappa shape index (κ3) is 4.49. The van der Waals surface area contributed by atoms with Gasteiger partial charge in [-0.1, -0.05) is 49.8 Å². The summed E-state index contributed by atoms with van der Waals surface area (Å²) in [7, 11) is 0.